The standard InChI is InChI=1S/C38H40BClFN7O3/c1-3-18-51-35(39)22-48-34-13-11-28(43-37(49)26-9-12-31-32(19-26)46-38(50)45-31)21-33(34)44-36(48)23-47-16-14-25(15-17-47)30(42-2)7-5-4-6-24-8-10-27(40)20-29(24)41/h4-5,7-13,19-21,25,35H,2-3,6,14-18,22-23H2,1H3,(H,43,49)(H2,45,46,50)/b5-4-,30-7-. The predicted octanol–water partition coefficient (Wildman–Crippen LogP) is 6.77. The van der Waals surface area contributed by atoms with Crippen LogP contribution in [0, 0.1) is 11.7 Å². The van der Waals surface area contributed by atoms with Crippen LogP contribution in [-0.2, 0) is 24.2 Å². The molecule has 1 fully saturated rings. The molecule has 0 spiro atoms. The molecule has 1 aliphatic heterocycles. The van der Waals surface area contributed by atoms with E-state index in [2.05, 4.69) is 36.5 Å². The number of anilines is 1. The van der Waals surface area contributed by atoms with Gasteiger partial charge in [-0.1, -0.05) is 36.7 Å². The van der Waals surface area contributed by atoms with Crippen LogP contribution in [0.5, 0.6) is 0 Å². The molecule has 1 unspecified atom stereocenters. The number of ether oxygens (including phenoxy) is 1. The molecular weight excluding hydrogens is 668 g/mol. The average Bonchev–Trinajstić information content (AvgIpc) is 3.66. The third kappa shape index (κ3) is 8.94. The normalized spacial score (nSPS) is 15.2. The van der Waals surface area contributed by atoms with Crippen molar-refractivity contribution < 1.29 is 13.9 Å². The van der Waals surface area contributed by atoms with E-state index >= 15 is 0 Å². The number of nitrogens with one attached hydrogen (secondary N) is 3. The third-order valence-electron chi connectivity index (χ3n) is 9.07. The molecule has 6 rings (SSSR count). The summed E-state index contributed by atoms with van der Waals surface area (Å²) in [7, 11) is 6.39. The fourth-order valence-electron chi connectivity index (χ4n) is 6.41. The first kappa shape index (κ1) is 36.0. The second-order valence-corrected chi connectivity index (χ2v) is 13.1. The summed E-state index contributed by atoms with van der Waals surface area (Å²) >= 11 is 5.87. The number of aliphatic imine (C=N–C) groups is 1. The molecule has 5 aromatic rings. The number of aromatic amines is 2. The van der Waals surface area contributed by atoms with Gasteiger partial charge in [-0.3, -0.25) is 14.7 Å². The zero-order valence-electron chi connectivity index (χ0n) is 28.5. The smallest absolute Gasteiger partial charge is 0.323 e. The number of benzene rings is 3. The minimum Gasteiger partial charge on any atom is -0.386 e. The molecule has 1 aliphatic rings. The maximum Gasteiger partial charge on any atom is 0.323 e. The summed E-state index contributed by atoms with van der Waals surface area (Å²) in [6.45, 7) is 9.15. The molecule has 1 saturated heterocycles. The van der Waals surface area contributed by atoms with Crippen LogP contribution in [0.25, 0.3) is 22.1 Å². The lowest BCUT2D eigenvalue weighted by Crippen LogP contribution is -2.35. The van der Waals surface area contributed by atoms with Crippen molar-refractivity contribution in [2.45, 2.75) is 51.7 Å². The monoisotopic (exact) mass is 707 g/mol. The van der Waals surface area contributed by atoms with E-state index in [1.54, 1.807) is 30.3 Å². The summed E-state index contributed by atoms with van der Waals surface area (Å²) in [5.74, 6) is 0.502. The van der Waals surface area contributed by atoms with Crippen LogP contribution in [0.1, 0.15) is 47.9 Å². The second kappa shape index (κ2) is 16.5. The highest BCUT2D eigenvalue weighted by molar-refractivity contribution is 6.30. The topological polar surface area (TPSA) is 120 Å². The number of carbonyl (C=O) groups excluding carboxylic acids is 1. The zero-order chi connectivity index (χ0) is 35.9. The lowest BCUT2D eigenvalue weighted by Gasteiger charge is -2.32. The summed E-state index contributed by atoms with van der Waals surface area (Å²) < 4.78 is 22.1. The largest absolute Gasteiger partial charge is 0.386 e. The Kier molecular flexibility index (Phi) is 11.7. The van der Waals surface area contributed by atoms with Gasteiger partial charge in [-0.15, -0.1) is 0 Å². The van der Waals surface area contributed by atoms with Gasteiger partial charge in [0, 0.05) is 47.0 Å². The van der Waals surface area contributed by atoms with Crippen LogP contribution in [0.4, 0.5) is 10.1 Å². The number of H-pyrrole nitrogens is 2. The lowest BCUT2D eigenvalue weighted by molar-refractivity contribution is 0.0951. The van der Waals surface area contributed by atoms with Gasteiger partial charge in [0.05, 0.1) is 28.6 Å². The van der Waals surface area contributed by atoms with E-state index in [0.29, 0.717) is 59.0 Å². The molecule has 3 N–H and O–H groups in total. The van der Waals surface area contributed by atoms with E-state index in [4.69, 9.17) is 29.2 Å². The fourth-order valence-corrected chi connectivity index (χ4v) is 6.57. The first-order valence-corrected chi connectivity index (χ1v) is 17.5. The Balaban J connectivity index is 1.13. The molecule has 1 atom stereocenters. The highest BCUT2D eigenvalue weighted by Gasteiger charge is 2.24. The Morgan fingerprint density at radius 1 is 1.18 bits per heavy atom. The first-order chi connectivity index (χ1) is 24.7. The summed E-state index contributed by atoms with van der Waals surface area (Å²) in [6.07, 6.45) is 8.92. The molecule has 10 nitrogen and oxygen atoms in total. The Morgan fingerprint density at radius 3 is 2.75 bits per heavy atom. The molecule has 0 saturated carbocycles. The van der Waals surface area contributed by atoms with Gasteiger partial charge in [0.1, 0.15) is 19.5 Å². The molecule has 51 heavy (non-hydrogen) atoms. The Labute approximate surface area is 301 Å². The van der Waals surface area contributed by atoms with Gasteiger partial charge in [-0.2, -0.15) is 0 Å². The number of amides is 1. The molecule has 13 heteroatoms. The number of likely N-dealkylation sites (tertiary alicyclic amines) is 1. The summed E-state index contributed by atoms with van der Waals surface area (Å²) in [5, 5.41) is 3.34. The van der Waals surface area contributed by atoms with E-state index in [-0.39, 0.29) is 23.3 Å². The molecule has 3 heterocycles. The van der Waals surface area contributed by atoms with Crippen molar-refractivity contribution in [3.8, 4) is 0 Å². The minimum absolute atomic E-state index is 0.259. The van der Waals surface area contributed by atoms with Crippen LogP contribution in [-0.4, -0.2) is 70.6 Å². The van der Waals surface area contributed by atoms with Gasteiger partial charge in [-0.25, -0.2) is 14.2 Å². The van der Waals surface area contributed by atoms with Gasteiger partial charge in [0.15, 0.2) is 0 Å². The van der Waals surface area contributed by atoms with Gasteiger partial charge in [0.25, 0.3) is 5.91 Å². The number of piperidine rings is 1. The molecule has 2 radical (unpaired) electrons. The Morgan fingerprint density at radius 2 is 1.98 bits per heavy atom. The van der Waals surface area contributed by atoms with E-state index in [1.807, 2.05) is 43.4 Å². The number of imidazole rings is 2. The number of halogens is 2. The van der Waals surface area contributed by atoms with Crippen molar-refractivity contribution in [3.05, 3.63) is 117 Å². The van der Waals surface area contributed by atoms with E-state index in [1.165, 1.54) is 6.07 Å². The van der Waals surface area contributed by atoms with Gasteiger partial charge < -0.3 is 24.6 Å². The molecule has 0 bridgehead atoms. The molecular formula is C38H40BClFN7O3. The molecule has 262 valence electrons. The highest BCUT2D eigenvalue weighted by atomic mass is 35.5. The number of hydrogen-bond donors (Lipinski definition) is 3. The summed E-state index contributed by atoms with van der Waals surface area (Å²) in [4.78, 5) is 41.8. The van der Waals surface area contributed by atoms with E-state index < -0.39 is 6.00 Å². The number of nitrogens with zero attached hydrogens (tertiary/aromatic N) is 4. The zero-order valence-corrected chi connectivity index (χ0v) is 29.3. The van der Waals surface area contributed by atoms with Crippen molar-refractivity contribution in [2.24, 2.45) is 10.9 Å². The van der Waals surface area contributed by atoms with E-state index in [9.17, 15) is 14.0 Å². The van der Waals surface area contributed by atoms with Gasteiger partial charge in [-0.05, 0) is 106 Å². The first-order valence-electron chi connectivity index (χ1n) is 17.1. The summed E-state index contributed by atoms with van der Waals surface area (Å²) in [5.41, 5.74) is 5.02. The van der Waals surface area contributed by atoms with Gasteiger partial charge >= 0.3 is 5.69 Å². The number of aromatic nitrogens is 4. The predicted molar refractivity (Wildman–Crippen MR) is 202 cm³/mol. The molecule has 3 aromatic carbocycles. The summed E-state index contributed by atoms with van der Waals surface area (Å²) in [6, 6.07) is 14.9. The number of carbonyl (C=O) groups is 1. The van der Waals surface area contributed by atoms with Crippen LogP contribution >= 0.6 is 11.6 Å². The Bertz CT molecular complexity index is 2150. The quantitative estimate of drug-likeness (QED) is 0.0669. The van der Waals surface area contributed by atoms with Crippen molar-refractivity contribution in [1.82, 2.24) is 24.4 Å². The van der Waals surface area contributed by atoms with Crippen LogP contribution in [0.2, 0.25) is 5.02 Å². The number of hydrogen-bond acceptors (Lipinski definition) is 6. The maximum atomic E-state index is 14.1. The Hall–Kier alpha value is -4.78. The fraction of sp³-hybridized carbons (Fsp3) is 0.316. The molecule has 2 aromatic heterocycles. The van der Waals surface area contributed by atoms with Crippen molar-refractivity contribution in [3.63, 3.8) is 0 Å². The van der Waals surface area contributed by atoms with Crippen molar-refractivity contribution in [1.29, 1.82) is 0 Å². The number of allylic oxidation sites excluding steroid dienone is 4. The SMILES string of the molecule is [B]C(Cn1c(CN2CCC(/C(=C/C=C\Cc3ccc(Cl)cc3F)N=C)CC2)nc2cc(NC(=O)c3ccc4[nH]c(=O)[nH]c4c3)ccc21)OCCC. The van der Waals surface area contributed by atoms with Crippen LogP contribution in [0.15, 0.2) is 88.3 Å². The third-order valence-corrected chi connectivity index (χ3v) is 9.31. The number of rotatable bonds is 14. The maximum absolute atomic E-state index is 14.1. The minimum atomic E-state index is -0.503. The van der Waals surface area contributed by atoms with Crippen molar-refractivity contribution >= 4 is 59.8 Å². The van der Waals surface area contributed by atoms with Crippen molar-refractivity contribution in [2.75, 3.05) is 25.0 Å². The van der Waals surface area contributed by atoms with Crippen LogP contribution in [0.3, 0.4) is 0 Å². The van der Waals surface area contributed by atoms with Gasteiger partial charge in [0.2, 0.25) is 0 Å². The highest BCUT2D eigenvalue weighted by Crippen LogP contribution is 2.28. The van der Waals surface area contributed by atoms with Crippen LogP contribution < -0.4 is 11.0 Å². The van der Waals surface area contributed by atoms with E-state index in [0.717, 1.165) is 54.9 Å². The number of fused-ring (bicyclic) bond motifs is 2. The second-order valence-electron chi connectivity index (χ2n) is 12.7. The molecule has 1 amide bonds. The average molecular weight is 708 g/mol. The molecule has 0 aliphatic carbocycles. The lowest BCUT2D eigenvalue weighted by atomic mass is 9.93.